The van der Waals surface area contributed by atoms with Crippen molar-refractivity contribution in [2.45, 2.75) is 25.9 Å². The highest BCUT2D eigenvalue weighted by molar-refractivity contribution is 9.09. The van der Waals surface area contributed by atoms with E-state index in [1.807, 2.05) is 31.3 Å². The van der Waals surface area contributed by atoms with Gasteiger partial charge in [-0.05, 0) is 79.6 Å². The van der Waals surface area contributed by atoms with Crippen LogP contribution in [0, 0.1) is 6.92 Å². The Balaban J connectivity index is 1.52. The highest BCUT2D eigenvalue weighted by Gasteiger charge is 2.39. The fourth-order valence-electron chi connectivity index (χ4n) is 4.34. The molecule has 2 aliphatic heterocycles. The molecule has 0 radical (unpaired) electrons. The third-order valence-electron chi connectivity index (χ3n) is 5.88. The van der Waals surface area contributed by atoms with Crippen molar-refractivity contribution >= 4 is 21.8 Å². The molecule has 3 aromatic rings. The van der Waals surface area contributed by atoms with Gasteiger partial charge in [0, 0.05) is 29.0 Å². The first-order chi connectivity index (χ1) is 16.1. The molecule has 0 saturated heterocycles. The first kappa shape index (κ1) is 21.6. The molecule has 2 aromatic heterocycles. The van der Waals surface area contributed by atoms with Gasteiger partial charge in [0.1, 0.15) is 17.6 Å². The lowest BCUT2D eigenvalue weighted by Crippen LogP contribution is -2.28. The van der Waals surface area contributed by atoms with Crippen molar-refractivity contribution in [2.24, 2.45) is 4.99 Å². The number of ether oxygens (including phenoxy) is 1. The van der Waals surface area contributed by atoms with Crippen molar-refractivity contribution in [1.82, 2.24) is 14.9 Å². The van der Waals surface area contributed by atoms with E-state index in [-0.39, 0.29) is 12.1 Å². The number of rotatable bonds is 6. The molecule has 6 heteroatoms. The zero-order chi connectivity index (χ0) is 22.8. The zero-order valence-corrected chi connectivity index (χ0v) is 20.2. The maximum absolute atomic E-state index is 5.68. The van der Waals surface area contributed by atoms with E-state index in [9.17, 15) is 0 Å². The second-order valence-corrected chi connectivity index (χ2v) is 8.97. The summed E-state index contributed by atoms with van der Waals surface area (Å²) in [6, 6.07) is 18.4. The summed E-state index contributed by atoms with van der Waals surface area (Å²) >= 11 is 3.39. The van der Waals surface area contributed by atoms with Crippen molar-refractivity contribution < 1.29 is 4.74 Å². The van der Waals surface area contributed by atoms with E-state index in [4.69, 9.17) is 14.7 Å². The Morgan fingerprint density at radius 1 is 1.06 bits per heavy atom. The van der Waals surface area contributed by atoms with Crippen molar-refractivity contribution in [2.75, 3.05) is 11.9 Å². The van der Waals surface area contributed by atoms with Gasteiger partial charge in [0.25, 0.3) is 0 Å². The van der Waals surface area contributed by atoms with Crippen LogP contribution in [0.15, 0.2) is 89.7 Å². The number of aryl methyl sites for hydroxylation is 1. The fourth-order valence-corrected chi connectivity index (χ4v) is 4.50. The molecule has 166 valence electrons. The van der Waals surface area contributed by atoms with E-state index in [2.05, 4.69) is 87.5 Å². The van der Waals surface area contributed by atoms with E-state index in [1.165, 1.54) is 0 Å². The first-order valence-corrected chi connectivity index (χ1v) is 12.2. The maximum Gasteiger partial charge on any atom is 0.131 e. The summed E-state index contributed by atoms with van der Waals surface area (Å²) < 4.78 is 5.68. The number of aromatic nitrogens is 2. The molecule has 33 heavy (non-hydrogen) atoms. The predicted molar refractivity (Wildman–Crippen MR) is 136 cm³/mol. The number of allylic oxidation sites excluding steroid dienone is 2. The molecule has 0 aliphatic carbocycles. The predicted octanol–water partition coefficient (Wildman–Crippen LogP) is 6.20. The molecule has 0 fully saturated rings. The maximum atomic E-state index is 5.68. The third kappa shape index (κ3) is 4.35. The third-order valence-corrected chi connectivity index (χ3v) is 6.21. The van der Waals surface area contributed by atoms with Crippen LogP contribution in [-0.4, -0.2) is 32.6 Å². The number of hydrogen-bond acceptors (Lipinski definition) is 5. The molecule has 0 amide bonds. The van der Waals surface area contributed by atoms with Gasteiger partial charge >= 0.3 is 0 Å². The second kappa shape index (κ2) is 9.32. The lowest BCUT2D eigenvalue weighted by Gasteiger charge is -2.29. The molecule has 2 atom stereocenters. The molecule has 5 rings (SSSR count). The van der Waals surface area contributed by atoms with Crippen LogP contribution in [0.5, 0.6) is 5.75 Å². The van der Waals surface area contributed by atoms with Gasteiger partial charge in [0.15, 0.2) is 0 Å². The normalized spacial score (nSPS) is 19.2. The highest BCUT2D eigenvalue weighted by atomic mass is 79.9. The summed E-state index contributed by atoms with van der Waals surface area (Å²) in [4.78, 5) is 16.9. The number of fused-ring (bicyclic) bond motifs is 1. The number of amidine groups is 1. The molecule has 0 bridgehead atoms. The van der Waals surface area contributed by atoms with Crippen molar-refractivity contribution in [3.63, 3.8) is 0 Å². The number of aliphatic imine (C=N–C) groups is 1. The number of alkyl halides is 1. The summed E-state index contributed by atoms with van der Waals surface area (Å²) in [6.07, 6.45) is 8.19. The molecule has 0 N–H and O–H groups in total. The average Bonchev–Trinajstić information content (AvgIpc) is 3.24. The Hall–Kier alpha value is -3.25. The number of halogens is 1. The second-order valence-electron chi connectivity index (χ2n) is 8.18. The van der Waals surface area contributed by atoms with Crippen LogP contribution in [0.25, 0.3) is 11.3 Å². The molecule has 2 unspecified atom stereocenters. The topological polar surface area (TPSA) is 50.6 Å². The number of pyridine rings is 2. The van der Waals surface area contributed by atoms with Crippen LogP contribution in [-0.2, 0) is 0 Å². The van der Waals surface area contributed by atoms with Gasteiger partial charge in [-0.15, -0.1) is 0 Å². The van der Waals surface area contributed by atoms with E-state index in [0.29, 0.717) is 6.61 Å². The Kier molecular flexibility index (Phi) is 6.09. The van der Waals surface area contributed by atoms with Gasteiger partial charge < -0.3 is 9.64 Å². The summed E-state index contributed by atoms with van der Waals surface area (Å²) in [5, 5.41) is 0.806. The van der Waals surface area contributed by atoms with Crippen LogP contribution in [0.3, 0.4) is 0 Å². The molecular weight excluding hydrogens is 476 g/mol. The van der Waals surface area contributed by atoms with Crippen LogP contribution in [0.1, 0.15) is 36.0 Å². The van der Waals surface area contributed by atoms with Crippen LogP contribution < -0.4 is 4.74 Å². The standard InChI is InChI=1S/C27H25BrN4O/c1-18-5-4-15-32-26(25(31-27(18)32)23-7-3-6-19(2)30-23)21-12-14-29-24(17-21)20-8-10-22(11-9-20)33-16-13-28/h3-12,14-15,17,25-26H,13,16H2,1-2H3. The summed E-state index contributed by atoms with van der Waals surface area (Å²) in [6.45, 7) is 4.77. The van der Waals surface area contributed by atoms with E-state index < -0.39 is 0 Å². The summed E-state index contributed by atoms with van der Waals surface area (Å²) in [7, 11) is 0. The Morgan fingerprint density at radius 2 is 1.91 bits per heavy atom. The minimum Gasteiger partial charge on any atom is -0.493 e. The SMILES string of the molecule is CC1=CC=CN2C1=NC(c1cccc(C)n1)C2c1ccnc(-c2ccc(OCCBr)cc2)c1. The van der Waals surface area contributed by atoms with Crippen LogP contribution >= 0.6 is 15.9 Å². The lowest BCUT2D eigenvalue weighted by atomic mass is 9.95. The van der Waals surface area contributed by atoms with Gasteiger partial charge in [-0.2, -0.15) is 0 Å². The summed E-state index contributed by atoms with van der Waals surface area (Å²) in [5.74, 6) is 1.86. The van der Waals surface area contributed by atoms with Gasteiger partial charge in [0.05, 0.1) is 24.0 Å². The van der Waals surface area contributed by atoms with Crippen molar-refractivity contribution in [1.29, 1.82) is 0 Å². The largest absolute Gasteiger partial charge is 0.493 e. The zero-order valence-electron chi connectivity index (χ0n) is 18.6. The Labute approximate surface area is 202 Å². The molecule has 5 nitrogen and oxygen atoms in total. The van der Waals surface area contributed by atoms with Crippen LogP contribution in [0.4, 0.5) is 0 Å². The molecule has 0 spiro atoms. The average molecular weight is 501 g/mol. The van der Waals surface area contributed by atoms with Crippen molar-refractivity contribution in [3.05, 3.63) is 102 Å². The monoisotopic (exact) mass is 500 g/mol. The molecular formula is C27H25BrN4O. The van der Waals surface area contributed by atoms with Gasteiger partial charge in [-0.25, -0.2) is 0 Å². The number of hydrogen-bond donors (Lipinski definition) is 0. The molecule has 1 aromatic carbocycles. The Bertz CT molecular complexity index is 1250. The van der Waals surface area contributed by atoms with E-state index in [0.717, 1.165) is 50.7 Å². The highest BCUT2D eigenvalue weighted by Crippen LogP contribution is 2.44. The lowest BCUT2D eigenvalue weighted by molar-refractivity contribution is 0.345. The minimum absolute atomic E-state index is 0.0116. The van der Waals surface area contributed by atoms with Gasteiger partial charge in [0.2, 0.25) is 0 Å². The molecule has 2 aliphatic rings. The number of nitrogens with zero attached hydrogens (tertiary/aromatic N) is 4. The summed E-state index contributed by atoms with van der Waals surface area (Å²) in [5.41, 5.74) is 6.28. The van der Waals surface area contributed by atoms with Gasteiger partial charge in [-0.1, -0.05) is 28.1 Å². The van der Waals surface area contributed by atoms with E-state index in [1.54, 1.807) is 0 Å². The Morgan fingerprint density at radius 3 is 2.70 bits per heavy atom. The van der Waals surface area contributed by atoms with Crippen molar-refractivity contribution in [3.8, 4) is 17.0 Å². The fraction of sp³-hybridized carbons (Fsp3) is 0.222. The first-order valence-electron chi connectivity index (χ1n) is 11.0. The smallest absolute Gasteiger partial charge is 0.131 e. The quantitative estimate of drug-likeness (QED) is 0.378. The van der Waals surface area contributed by atoms with Gasteiger partial charge in [-0.3, -0.25) is 15.0 Å². The minimum atomic E-state index is -0.0960. The number of benzene rings is 1. The van der Waals surface area contributed by atoms with Crippen LogP contribution in [0.2, 0.25) is 0 Å². The molecule has 0 saturated carbocycles. The molecule has 4 heterocycles. The van der Waals surface area contributed by atoms with E-state index >= 15 is 0 Å².